The Hall–Kier alpha value is 0.102. The zero-order chi connectivity index (χ0) is 8.60. The Morgan fingerprint density at radius 2 is 2.17 bits per heavy atom. The van der Waals surface area contributed by atoms with E-state index in [4.69, 9.17) is 4.74 Å². The molecule has 1 aliphatic carbocycles. The van der Waals surface area contributed by atoms with E-state index in [0.717, 1.165) is 17.4 Å². The van der Waals surface area contributed by atoms with Crippen LogP contribution in [0.15, 0.2) is 11.6 Å². The molecule has 1 spiro atoms. The molecule has 66 valence electrons. The molecule has 0 aromatic rings. The summed E-state index contributed by atoms with van der Waals surface area (Å²) in [6, 6.07) is 0. The third kappa shape index (κ3) is 1.57. The maximum absolute atomic E-state index is 5.85. The summed E-state index contributed by atoms with van der Waals surface area (Å²) in [5.74, 6) is 0. The Morgan fingerprint density at radius 1 is 1.42 bits per heavy atom. The summed E-state index contributed by atoms with van der Waals surface area (Å²) >= 11 is 3.00. The summed E-state index contributed by atoms with van der Waals surface area (Å²) in [5, 5.41) is 0. The van der Waals surface area contributed by atoms with E-state index < -0.39 is 0 Å². The van der Waals surface area contributed by atoms with E-state index in [9.17, 15) is 0 Å². The molecule has 1 unspecified atom stereocenters. The Labute approximate surface area is 81.8 Å². The predicted octanol–water partition coefficient (Wildman–Crippen LogP) is 2.34. The molecular weight excluding hydrogens is 188 g/mol. The van der Waals surface area contributed by atoms with Gasteiger partial charge in [0, 0.05) is 0 Å². The first-order chi connectivity index (χ1) is 5.70. The van der Waals surface area contributed by atoms with Crippen LogP contribution >= 0.6 is 0 Å². The first kappa shape index (κ1) is 8.69. The van der Waals surface area contributed by atoms with Gasteiger partial charge in [-0.2, -0.15) is 0 Å². The molecule has 2 rings (SSSR count). The fraction of sp³-hybridized carbons (Fsp3) is 0.700. The molecule has 0 aromatic carbocycles. The summed E-state index contributed by atoms with van der Waals surface area (Å²) in [6.07, 6.45) is 8.20. The van der Waals surface area contributed by atoms with Gasteiger partial charge in [-0.1, -0.05) is 0 Å². The summed E-state index contributed by atoms with van der Waals surface area (Å²) in [5.41, 5.74) is 1.71. The zero-order valence-corrected chi connectivity index (χ0v) is 8.70. The summed E-state index contributed by atoms with van der Waals surface area (Å²) in [6.45, 7) is 2.21. The molecule has 0 aromatic heterocycles. The summed E-state index contributed by atoms with van der Waals surface area (Å²) in [7, 11) is 0. The third-order valence-electron chi connectivity index (χ3n) is 2.91. The second-order valence-electron chi connectivity index (χ2n) is 3.91. The second-order valence-corrected chi connectivity index (χ2v) is 4.62. The second kappa shape index (κ2) is 3.11. The van der Waals surface area contributed by atoms with E-state index in [-0.39, 0.29) is 5.60 Å². The first-order valence-electron chi connectivity index (χ1n) is 4.58. The Kier molecular flexibility index (Phi) is 2.25. The molecule has 1 fully saturated rings. The van der Waals surface area contributed by atoms with Crippen molar-refractivity contribution in [3.63, 3.8) is 0 Å². The first-order valence-corrected chi connectivity index (χ1v) is 5.21. The maximum atomic E-state index is 5.85. The average molecular weight is 202 g/mol. The van der Waals surface area contributed by atoms with Crippen LogP contribution in [-0.2, 0) is 20.6 Å². The molecular formula is C10H14CrO. The fourth-order valence-electron chi connectivity index (χ4n) is 1.98. The van der Waals surface area contributed by atoms with Gasteiger partial charge in [0.25, 0.3) is 0 Å². The molecule has 0 amide bonds. The number of rotatable bonds is 0. The quantitative estimate of drug-likeness (QED) is 0.548. The molecule has 2 aliphatic rings. The van der Waals surface area contributed by atoms with Crippen LogP contribution in [0.25, 0.3) is 0 Å². The van der Waals surface area contributed by atoms with E-state index in [2.05, 4.69) is 28.9 Å². The van der Waals surface area contributed by atoms with Gasteiger partial charge in [-0.25, -0.2) is 0 Å². The minimum absolute atomic E-state index is 0.181. The van der Waals surface area contributed by atoms with Crippen LogP contribution in [0.2, 0.25) is 0 Å². The number of hydrogen-bond acceptors (Lipinski definition) is 1. The van der Waals surface area contributed by atoms with E-state index in [1.54, 1.807) is 0 Å². The molecule has 1 heterocycles. The van der Waals surface area contributed by atoms with Crippen molar-refractivity contribution in [2.45, 2.75) is 44.6 Å². The molecule has 0 N–H and O–H groups in total. The van der Waals surface area contributed by atoms with Gasteiger partial charge < -0.3 is 0 Å². The van der Waals surface area contributed by atoms with Crippen LogP contribution in [0, 0.1) is 0 Å². The summed E-state index contributed by atoms with van der Waals surface area (Å²) < 4.78 is 6.97. The Bertz CT molecular complexity index is 244. The van der Waals surface area contributed by atoms with Gasteiger partial charge in [-0.15, -0.1) is 0 Å². The van der Waals surface area contributed by atoms with Gasteiger partial charge in [-0.05, 0) is 0 Å². The monoisotopic (exact) mass is 202 g/mol. The number of ether oxygens (including phenoxy) is 1. The van der Waals surface area contributed by atoms with Crippen molar-refractivity contribution in [1.82, 2.24) is 0 Å². The predicted molar refractivity (Wildman–Crippen MR) is 45.7 cm³/mol. The Morgan fingerprint density at radius 3 is 2.67 bits per heavy atom. The summed E-state index contributed by atoms with van der Waals surface area (Å²) in [4.78, 5) is 0. The topological polar surface area (TPSA) is 9.23 Å². The molecule has 1 nitrogen and oxygen atoms in total. The number of hydrogen-bond donors (Lipinski definition) is 0. The van der Waals surface area contributed by atoms with Crippen molar-refractivity contribution in [3.05, 3.63) is 11.6 Å². The van der Waals surface area contributed by atoms with Crippen molar-refractivity contribution in [2.75, 3.05) is 0 Å². The van der Waals surface area contributed by atoms with Crippen LogP contribution in [0.1, 0.15) is 39.0 Å². The van der Waals surface area contributed by atoms with Crippen LogP contribution < -0.4 is 0 Å². The molecule has 1 saturated heterocycles. The molecule has 1 atom stereocenters. The normalized spacial score (nSPS) is 35.8. The molecule has 2 heteroatoms. The molecule has 0 bridgehead atoms. The van der Waals surface area contributed by atoms with Gasteiger partial charge in [0.1, 0.15) is 0 Å². The van der Waals surface area contributed by atoms with Crippen LogP contribution in [0.5, 0.6) is 0 Å². The average Bonchev–Trinajstić information content (AvgIpc) is 2.40. The van der Waals surface area contributed by atoms with Crippen molar-refractivity contribution in [2.24, 2.45) is 0 Å². The number of allylic oxidation sites excluding steroid dienone is 1. The van der Waals surface area contributed by atoms with Gasteiger partial charge in [0.15, 0.2) is 0 Å². The van der Waals surface area contributed by atoms with E-state index >= 15 is 0 Å². The van der Waals surface area contributed by atoms with Crippen molar-refractivity contribution >= 4 is 4.57 Å². The minimum atomic E-state index is 0.181. The molecule has 0 saturated carbocycles. The standard InChI is InChI=1S/C10H14O.Cr/c1-9-3-6-10(7-4-9)5-2-8-11-10;/h3H,2,4-7H2,1H3;. The third-order valence-corrected chi connectivity index (χ3v) is 3.36. The van der Waals surface area contributed by atoms with E-state index in [1.807, 2.05) is 0 Å². The zero-order valence-electron chi connectivity index (χ0n) is 7.43. The van der Waals surface area contributed by atoms with Gasteiger partial charge in [-0.3, -0.25) is 0 Å². The SMILES string of the molecule is CC1=CCC2(CC[C](=[Cr])O2)CC1. The van der Waals surface area contributed by atoms with Crippen LogP contribution in [0.4, 0.5) is 0 Å². The van der Waals surface area contributed by atoms with Crippen molar-refractivity contribution in [3.8, 4) is 0 Å². The van der Waals surface area contributed by atoms with Gasteiger partial charge in [0.05, 0.1) is 0 Å². The van der Waals surface area contributed by atoms with Crippen molar-refractivity contribution < 1.29 is 20.6 Å². The Balaban J connectivity index is 2.10. The molecule has 0 radical (unpaired) electrons. The fourth-order valence-corrected chi connectivity index (χ4v) is 2.42. The molecule has 1 aliphatic heterocycles. The van der Waals surface area contributed by atoms with Crippen LogP contribution in [-0.4, -0.2) is 10.2 Å². The van der Waals surface area contributed by atoms with Crippen molar-refractivity contribution in [1.29, 1.82) is 0 Å². The van der Waals surface area contributed by atoms with Gasteiger partial charge in [0.2, 0.25) is 0 Å². The van der Waals surface area contributed by atoms with Crippen LogP contribution in [0.3, 0.4) is 0 Å². The van der Waals surface area contributed by atoms with E-state index in [1.165, 1.54) is 24.8 Å². The van der Waals surface area contributed by atoms with Gasteiger partial charge >= 0.3 is 81.4 Å². The van der Waals surface area contributed by atoms with E-state index in [0.29, 0.717) is 0 Å². The molecule has 12 heavy (non-hydrogen) atoms.